The highest BCUT2D eigenvalue weighted by molar-refractivity contribution is 7.99. The van der Waals surface area contributed by atoms with Crippen LogP contribution in [0.5, 0.6) is 0 Å². The molecule has 1 atom stereocenters. The molecule has 1 aromatic heterocycles. The molecule has 0 unspecified atom stereocenters. The highest BCUT2D eigenvalue weighted by Crippen LogP contribution is 2.20. The molecular formula is C19H19ClN4OS. The standard InChI is InChI=1S/C19H19ClN4OS/c1-12-6-8-14(9-7-12)18-22-19(24-23-18)26-11-17(25)21-13(2)15-4-3-5-16(20)10-15/h3-10,13H,11H2,1-2H3,(H,21,25)(H,22,23,24)/t13-/m0/s1. The van der Waals surface area contributed by atoms with E-state index in [0.29, 0.717) is 16.0 Å². The molecule has 1 heterocycles. The first kappa shape index (κ1) is 18.5. The van der Waals surface area contributed by atoms with Crippen molar-refractivity contribution in [2.24, 2.45) is 0 Å². The zero-order valence-corrected chi connectivity index (χ0v) is 16.1. The minimum absolute atomic E-state index is 0.0795. The van der Waals surface area contributed by atoms with Crippen molar-refractivity contribution in [2.75, 3.05) is 5.75 Å². The molecule has 7 heteroatoms. The monoisotopic (exact) mass is 386 g/mol. The number of amides is 1. The van der Waals surface area contributed by atoms with Crippen LogP contribution in [-0.2, 0) is 4.79 Å². The van der Waals surface area contributed by atoms with Gasteiger partial charge in [0.25, 0.3) is 0 Å². The van der Waals surface area contributed by atoms with Gasteiger partial charge in [-0.25, -0.2) is 4.98 Å². The summed E-state index contributed by atoms with van der Waals surface area (Å²) in [5.74, 6) is 0.861. The van der Waals surface area contributed by atoms with Crippen molar-refractivity contribution in [3.63, 3.8) is 0 Å². The number of carbonyl (C=O) groups excluding carboxylic acids is 1. The van der Waals surface area contributed by atoms with Crippen molar-refractivity contribution in [3.05, 3.63) is 64.7 Å². The lowest BCUT2D eigenvalue weighted by molar-refractivity contribution is -0.119. The van der Waals surface area contributed by atoms with Crippen LogP contribution in [0.1, 0.15) is 24.1 Å². The lowest BCUT2D eigenvalue weighted by atomic mass is 10.1. The summed E-state index contributed by atoms with van der Waals surface area (Å²) >= 11 is 7.29. The number of halogens is 1. The summed E-state index contributed by atoms with van der Waals surface area (Å²) in [5.41, 5.74) is 3.12. The van der Waals surface area contributed by atoms with Gasteiger partial charge in [-0.1, -0.05) is 65.3 Å². The molecule has 0 fully saturated rings. The lowest BCUT2D eigenvalue weighted by Crippen LogP contribution is -2.28. The molecule has 0 aliphatic rings. The molecule has 0 aliphatic carbocycles. The molecule has 1 amide bonds. The van der Waals surface area contributed by atoms with Crippen LogP contribution in [0.4, 0.5) is 0 Å². The smallest absolute Gasteiger partial charge is 0.230 e. The van der Waals surface area contributed by atoms with Crippen LogP contribution in [-0.4, -0.2) is 26.8 Å². The van der Waals surface area contributed by atoms with Gasteiger partial charge < -0.3 is 5.32 Å². The van der Waals surface area contributed by atoms with E-state index in [-0.39, 0.29) is 17.7 Å². The topological polar surface area (TPSA) is 70.7 Å². The van der Waals surface area contributed by atoms with Gasteiger partial charge in [-0.15, -0.1) is 5.10 Å². The second kappa shape index (κ2) is 8.38. The number of hydrogen-bond donors (Lipinski definition) is 2. The van der Waals surface area contributed by atoms with Crippen molar-refractivity contribution in [2.45, 2.75) is 25.0 Å². The van der Waals surface area contributed by atoms with Gasteiger partial charge in [0.15, 0.2) is 5.82 Å². The van der Waals surface area contributed by atoms with Gasteiger partial charge in [0.1, 0.15) is 0 Å². The van der Waals surface area contributed by atoms with Gasteiger partial charge in [0, 0.05) is 10.6 Å². The van der Waals surface area contributed by atoms with Crippen molar-refractivity contribution in [3.8, 4) is 11.4 Å². The fourth-order valence-corrected chi connectivity index (χ4v) is 3.23. The first-order valence-corrected chi connectivity index (χ1v) is 9.54. The van der Waals surface area contributed by atoms with Crippen molar-refractivity contribution >= 4 is 29.3 Å². The first-order chi connectivity index (χ1) is 12.5. The van der Waals surface area contributed by atoms with E-state index in [2.05, 4.69) is 20.5 Å². The quantitative estimate of drug-likeness (QED) is 0.616. The Labute approximate surface area is 161 Å². The van der Waals surface area contributed by atoms with E-state index in [9.17, 15) is 4.79 Å². The maximum Gasteiger partial charge on any atom is 0.230 e. The molecule has 0 saturated carbocycles. The molecule has 3 rings (SSSR count). The fraction of sp³-hybridized carbons (Fsp3) is 0.211. The van der Waals surface area contributed by atoms with Crippen LogP contribution in [0.2, 0.25) is 5.02 Å². The Morgan fingerprint density at radius 3 is 2.77 bits per heavy atom. The highest BCUT2D eigenvalue weighted by atomic mass is 35.5. The Morgan fingerprint density at radius 2 is 2.04 bits per heavy atom. The van der Waals surface area contributed by atoms with Gasteiger partial charge in [-0.05, 0) is 31.5 Å². The van der Waals surface area contributed by atoms with Gasteiger partial charge in [0.05, 0.1) is 11.8 Å². The van der Waals surface area contributed by atoms with E-state index in [1.54, 1.807) is 0 Å². The molecule has 0 radical (unpaired) electrons. The third kappa shape index (κ3) is 4.86. The molecule has 0 aliphatic heterocycles. The van der Waals surface area contributed by atoms with Crippen molar-refractivity contribution < 1.29 is 4.79 Å². The third-order valence-electron chi connectivity index (χ3n) is 3.85. The predicted molar refractivity (Wildman–Crippen MR) is 105 cm³/mol. The number of aromatic amines is 1. The number of H-pyrrole nitrogens is 1. The highest BCUT2D eigenvalue weighted by Gasteiger charge is 2.12. The van der Waals surface area contributed by atoms with Gasteiger partial charge in [0.2, 0.25) is 11.1 Å². The number of rotatable bonds is 6. The minimum Gasteiger partial charge on any atom is -0.349 e. The molecule has 0 saturated heterocycles. The fourth-order valence-electron chi connectivity index (χ4n) is 2.42. The number of thioether (sulfide) groups is 1. The molecule has 2 aromatic carbocycles. The van der Waals surface area contributed by atoms with E-state index in [0.717, 1.165) is 11.1 Å². The van der Waals surface area contributed by atoms with Gasteiger partial charge >= 0.3 is 0 Å². The van der Waals surface area contributed by atoms with Gasteiger partial charge in [-0.2, -0.15) is 0 Å². The number of benzene rings is 2. The molecule has 2 N–H and O–H groups in total. The molecule has 0 spiro atoms. The first-order valence-electron chi connectivity index (χ1n) is 8.18. The maximum absolute atomic E-state index is 12.2. The zero-order valence-electron chi connectivity index (χ0n) is 14.5. The number of carbonyl (C=O) groups is 1. The number of nitrogens with zero attached hydrogens (tertiary/aromatic N) is 2. The average molecular weight is 387 g/mol. The second-order valence-corrected chi connectivity index (χ2v) is 7.34. The summed E-state index contributed by atoms with van der Waals surface area (Å²) < 4.78 is 0. The Bertz CT molecular complexity index is 895. The predicted octanol–water partition coefficient (Wildman–Crippen LogP) is 4.40. The Kier molecular flexibility index (Phi) is 5.96. The zero-order chi connectivity index (χ0) is 18.5. The Morgan fingerprint density at radius 1 is 1.27 bits per heavy atom. The molecule has 134 valence electrons. The van der Waals surface area contributed by atoms with E-state index in [1.165, 1.54) is 17.3 Å². The summed E-state index contributed by atoms with van der Waals surface area (Å²) in [6.45, 7) is 3.96. The summed E-state index contributed by atoms with van der Waals surface area (Å²) in [6, 6.07) is 15.4. The van der Waals surface area contributed by atoms with Crippen LogP contribution >= 0.6 is 23.4 Å². The number of nitrogens with one attached hydrogen (secondary N) is 2. The van der Waals surface area contributed by atoms with Crippen LogP contribution < -0.4 is 5.32 Å². The number of aromatic nitrogens is 3. The van der Waals surface area contributed by atoms with Crippen molar-refractivity contribution in [1.29, 1.82) is 0 Å². The molecule has 5 nitrogen and oxygen atoms in total. The van der Waals surface area contributed by atoms with E-state index in [4.69, 9.17) is 11.6 Å². The Hall–Kier alpha value is -2.31. The van der Waals surface area contributed by atoms with E-state index < -0.39 is 0 Å². The summed E-state index contributed by atoms with van der Waals surface area (Å²) in [4.78, 5) is 16.6. The summed E-state index contributed by atoms with van der Waals surface area (Å²) in [5, 5.41) is 11.2. The summed E-state index contributed by atoms with van der Waals surface area (Å²) in [6.07, 6.45) is 0. The van der Waals surface area contributed by atoms with Crippen LogP contribution in [0.15, 0.2) is 53.7 Å². The van der Waals surface area contributed by atoms with Crippen molar-refractivity contribution in [1.82, 2.24) is 20.5 Å². The lowest BCUT2D eigenvalue weighted by Gasteiger charge is -2.14. The van der Waals surface area contributed by atoms with Crippen LogP contribution in [0.3, 0.4) is 0 Å². The second-order valence-electron chi connectivity index (χ2n) is 5.97. The van der Waals surface area contributed by atoms with E-state index >= 15 is 0 Å². The van der Waals surface area contributed by atoms with Crippen LogP contribution in [0.25, 0.3) is 11.4 Å². The molecule has 0 bridgehead atoms. The molecule has 26 heavy (non-hydrogen) atoms. The van der Waals surface area contributed by atoms with E-state index in [1.807, 2.05) is 62.4 Å². The summed E-state index contributed by atoms with van der Waals surface area (Å²) in [7, 11) is 0. The maximum atomic E-state index is 12.2. The average Bonchev–Trinajstić information content (AvgIpc) is 3.09. The van der Waals surface area contributed by atoms with Gasteiger partial charge in [-0.3, -0.25) is 9.89 Å². The largest absolute Gasteiger partial charge is 0.349 e. The van der Waals surface area contributed by atoms with Crippen LogP contribution in [0, 0.1) is 6.92 Å². The molecular weight excluding hydrogens is 368 g/mol. The normalized spacial score (nSPS) is 12.0. The minimum atomic E-state index is -0.114. The number of hydrogen-bond acceptors (Lipinski definition) is 4. The number of aryl methyl sites for hydroxylation is 1. The third-order valence-corrected chi connectivity index (χ3v) is 4.93. The SMILES string of the molecule is Cc1ccc(-c2nc(SCC(=O)N[C@@H](C)c3cccc(Cl)c3)n[nH]2)cc1. The Balaban J connectivity index is 1.54. The molecule has 3 aromatic rings.